The lowest BCUT2D eigenvalue weighted by Gasteiger charge is -2.17. The maximum atomic E-state index is 12.6. The highest BCUT2D eigenvalue weighted by atomic mass is 19.4. The van der Waals surface area contributed by atoms with Crippen LogP contribution in [0.3, 0.4) is 0 Å². The Balaban J connectivity index is 2.31. The molecule has 2 rings (SSSR count). The van der Waals surface area contributed by atoms with Crippen LogP contribution in [0.2, 0.25) is 0 Å². The number of aryl methyl sites for hydroxylation is 1. The smallest absolute Gasteiger partial charge is 0.307 e. The molecule has 8 heteroatoms. The van der Waals surface area contributed by atoms with Gasteiger partial charge in [-0.05, 0) is 25.6 Å². The van der Waals surface area contributed by atoms with Crippen molar-refractivity contribution < 1.29 is 13.2 Å². The van der Waals surface area contributed by atoms with Gasteiger partial charge in [0, 0.05) is 12.7 Å². The fourth-order valence-electron chi connectivity index (χ4n) is 2.07. The van der Waals surface area contributed by atoms with Gasteiger partial charge in [-0.2, -0.15) is 13.2 Å². The second-order valence-electron chi connectivity index (χ2n) is 4.57. The molecular weight excluding hydrogens is 283 g/mol. The third-order valence-corrected chi connectivity index (χ3v) is 3.08. The predicted molar refractivity (Wildman–Crippen MR) is 70.5 cm³/mol. The van der Waals surface area contributed by atoms with Gasteiger partial charge in [-0.1, -0.05) is 12.1 Å². The van der Waals surface area contributed by atoms with Gasteiger partial charge in [0.25, 0.3) is 0 Å². The normalized spacial score (nSPS) is 13.4. The van der Waals surface area contributed by atoms with Crippen LogP contribution in [0.25, 0.3) is 0 Å². The molecule has 2 aromatic heterocycles. The van der Waals surface area contributed by atoms with E-state index in [1.807, 2.05) is 6.92 Å². The van der Waals surface area contributed by atoms with E-state index in [2.05, 4.69) is 20.6 Å². The molecule has 0 radical (unpaired) electrons. The molecule has 21 heavy (non-hydrogen) atoms. The van der Waals surface area contributed by atoms with Crippen molar-refractivity contribution in [2.45, 2.75) is 32.1 Å². The molecule has 114 valence electrons. The van der Waals surface area contributed by atoms with Crippen LogP contribution in [0.15, 0.2) is 24.5 Å². The van der Waals surface area contributed by atoms with Crippen LogP contribution in [0.5, 0.6) is 0 Å². The number of hydrogen-bond acceptors (Lipinski definition) is 4. The molecule has 0 aliphatic carbocycles. The molecule has 2 aromatic rings. The zero-order chi connectivity index (χ0) is 15.5. The second kappa shape index (κ2) is 6.21. The van der Waals surface area contributed by atoms with Crippen LogP contribution < -0.4 is 5.32 Å². The lowest BCUT2D eigenvalue weighted by Crippen LogP contribution is -2.23. The summed E-state index contributed by atoms with van der Waals surface area (Å²) in [5, 5.41) is 10.9. The summed E-state index contributed by atoms with van der Waals surface area (Å²) in [6.45, 7) is 2.70. The summed E-state index contributed by atoms with van der Waals surface area (Å²) < 4.78 is 39.4. The summed E-state index contributed by atoms with van der Waals surface area (Å²) in [5.41, 5.74) is 0.498. The highest BCUT2D eigenvalue weighted by molar-refractivity contribution is 5.24. The molecule has 1 unspecified atom stereocenters. The zero-order valence-corrected chi connectivity index (χ0v) is 11.7. The van der Waals surface area contributed by atoms with E-state index in [0.717, 1.165) is 24.4 Å². The molecule has 0 saturated carbocycles. The number of nitrogens with zero attached hydrogens (tertiary/aromatic N) is 4. The average Bonchev–Trinajstić information content (AvgIpc) is 2.88. The molecule has 0 saturated heterocycles. The van der Waals surface area contributed by atoms with Crippen LogP contribution in [0, 0.1) is 0 Å². The van der Waals surface area contributed by atoms with Crippen molar-refractivity contribution in [1.82, 2.24) is 25.3 Å². The summed E-state index contributed by atoms with van der Waals surface area (Å²) in [4.78, 5) is 3.92. The lowest BCUT2D eigenvalue weighted by atomic mass is 10.1. The SMILES string of the molecule is CCCn1nncc1C(NC)c1ccc(C(F)(F)F)cn1. The maximum absolute atomic E-state index is 12.6. The van der Waals surface area contributed by atoms with E-state index < -0.39 is 11.7 Å². The molecule has 0 aromatic carbocycles. The summed E-state index contributed by atoms with van der Waals surface area (Å²) in [6, 6.07) is 2.04. The molecule has 0 aliphatic rings. The molecule has 0 bridgehead atoms. The molecule has 2 heterocycles. The van der Waals surface area contributed by atoms with Crippen molar-refractivity contribution >= 4 is 0 Å². The molecule has 0 aliphatic heterocycles. The Morgan fingerprint density at radius 1 is 1.29 bits per heavy atom. The molecule has 5 nitrogen and oxygen atoms in total. The first kappa shape index (κ1) is 15.4. The predicted octanol–water partition coefficient (Wildman–Crippen LogP) is 2.41. The van der Waals surface area contributed by atoms with Crippen LogP contribution in [-0.4, -0.2) is 27.0 Å². The minimum absolute atomic E-state index is 0.353. The van der Waals surface area contributed by atoms with Crippen molar-refractivity contribution in [1.29, 1.82) is 0 Å². The number of aromatic nitrogens is 4. The van der Waals surface area contributed by atoms with E-state index in [-0.39, 0.29) is 6.04 Å². The lowest BCUT2D eigenvalue weighted by molar-refractivity contribution is -0.137. The van der Waals surface area contributed by atoms with Crippen molar-refractivity contribution in [2.24, 2.45) is 0 Å². The van der Waals surface area contributed by atoms with E-state index in [4.69, 9.17) is 0 Å². The highest BCUT2D eigenvalue weighted by Gasteiger charge is 2.31. The third kappa shape index (κ3) is 3.38. The van der Waals surface area contributed by atoms with E-state index in [1.54, 1.807) is 17.9 Å². The van der Waals surface area contributed by atoms with Crippen LogP contribution in [0.4, 0.5) is 13.2 Å². The summed E-state index contributed by atoms with van der Waals surface area (Å²) in [5.74, 6) is 0. The van der Waals surface area contributed by atoms with E-state index in [9.17, 15) is 13.2 Å². The molecular formula is C13H16F3N5. The van der Waals surface area contributed by atoms with Gasteiger partial charge in [0.05, 0.1) is 29.2 Å². The van der Waals surface area contributed by atoms with Crippen LogP contribution in [0.1, 0.15) is 36.3 Å². The summed E-state index contributed by atoms with van der Waals surface area (Å²) in [7, 11) is 1.72. The fourth-order valence-corrected chi connectivity index (χ4v) is 2.07. The van der Waals surface area contributed by atoms with E-state index in [1.165, 1.54) is 6.07 Å². The largest absolute Gasteiger partial charge is 0.417 e. The van der Waals surface area contributed by atoms with Crippen molar-refractivity contribution in [3.63, 3.8) is 0 Å². The van der Waals surface area contributed by atoms with Gasteiger partial charge in [0.2, 0.25) is 0 Å². The Morgan fingerprint density at radius 2 is 2.05 bits per heavy atom. The van der Waals surface area contributed by atoms with Crippen LogP contribution in [-0.2, 0) is 12.7 Å². The average molecular weight is 299 g/mol. The minimum atomic E-state index is -4.38. The summed E-state index contributed by atoms with van der Waals surface area (Å²) >= 11 is 0. The molecule has 0 amide bonds. The third-order valence-electron chi connectivity index (χ3n) is 3.08. The fraction of sp³-hybridized carbons (Fsp3) is 0.462. The minimum Gasteiger partial charge on any atom is -0.307 e. The monoisotopic (exact) mass is 299 g/mol. The van der Waals surface area contributed by atoms with Gasteiger partial charge in [-0.25, -0.2) is 4.68 Å². The molecule has 0 fully saturated rings. The van der Waals surface area contributed by atoms with E-state index >= 15 is 0 Å². The maximum Gasteiger partial charge on any atom is 0.417 e. The molecule has 1 atom stereocenters. The number of hydrogen-bond donors (Lipinski definition) is 1. The Labute approximate surface area is 120 Å². The van der Waals surface area contributed by atoms with Crippen molar-refractivity contribution in [3.8, 4) is 0 Å². The van der Waals surface area contributed by atoms with Gasteiger partial charge < -0.3 is 5.32 Å². The second-order valence-corrected chi connectivity index (χ2v) is 4.57. The van der Waals surface area contributed by atoms with E-state index in [0.29, 0.717) is 12.2 Å². The number of pyridine rings is 1. The molecule has 1 N–H and O–H groups in total. The Hall–Kier alpha value is -1.96. The van der Waals surface area contributed by atoms with Crippen LogP contribution >= 0.6 is 0 Å². The van der Waals surface area contributed by atoms with Crippen molar-refractivity contribution in [2.75, 3.05) is 7.05 Å². The van der Waals surface area contributed by atoms with Crippen molar-refractivity contribution in [3.05, 3.63) is 41.5 Å². The Bertz CT molecular complexity index is 576. The first-order valence-electron chi connectivity index (χ1n) is 6.56. The van der Waals surface area contributed by atoms with Gasteiger partial charge in [-0.3, -0.25) is 4.98 Å². The van der Waals surface area contributed by atoms with Gasteiger partial charge in [0.1, 0.15) is 0 Å². The quantitative estimate of drug-likeness (QED) is 0.921. The number of halogens is 3. The zero-order valence-electron chi connectivity index (χ0n) is 11.7. The Morgan fingerprint density at radius 3 is 2.57 bits per heavy atom. The van der Waals surface area contributed by atoms with Gasteiger partial charge in [-0.15, -0.1) is 5.10 Å². The number of nitrogens with one attached hydrogen (secondary N) is 1. The number of alkyl halides is 3. The highest BCUT2D eigenvalue weighted by Crippen LogP contribution is 2.29. The summed E-state index contributed by atoms with van der Waals surface area (Å²) in [6.07, 6.45) is -1.07. The Kier molecular flexibility index (Phi) is 4.56. The number of rotatable bonds is 5. The first-order valence-corrected chi connectivity index (χ1v) is 6.56. The van der Waals surface area contributed by atoms with Gasteiger partial charge >= 0.3 is 6.18 Å². The van der Waals surface area contributed by atoms with Gasteiger partial charge in [0.15, 0.2) is 0 Å². The topological polar surface area (TPSA) is 55.6 Å². The molecule has 0 spiro atoms. The first-order chi connectivity index (χ1) is 9.97. The standard InChI is InChI=1S/C13H16F3N5/c1-3-6-21-11(8-19-20-21)12(17-2)10-5-4-9(7-18-10)13(14,15)16/h4-5,7-8,12,17H,3,6H2,1-2H3.